The summed E-state index contributed by atoms with van der Waals surface area (Å²) in [7, 11) is 0. The third kappa shape index (κ3) is 1.83. The van der Waals surface area contributed by atoms with Crippen LogP contribution in [0.4, 0.5) is 0 Å². The van der Waals surface area contributed by atoms with Gasteiger partial charge >= 0.3 is 0 Å². The predicted octanol–water partition coefficient (Wildman–Crippen LogP) is 4.78. The van der Waals surface area contributed by atoms with Crippen LogP contribution in [0.15, 0.2) is 0 Å². The summed E-state index contributed by atoms with van der Waals surface area (Å²) in [6, 6.07) is 0. The lowest BCUT2D eigenvalue weighted by Crippen LogP contribution is -2.40. The first kappa shape index (κ1) is 13.9. The van der Waals surface area contributed by atoms with E-state index < -0.39 is 0 Å². The molecule has 3 fully saturated rings. The Hall–Kier alpha value is -0.0400. The lowest BCUT2D eigenvalue weighted by molar-refractivity contribution is -0.0373. The fourth-order valence-corrected chi connectivity index (χ4v) is 5.91. The predicted molar refractivity (Wildman–Crippen MR) is 79.9 cm³/mol. The van der Waals surface area contributed by atoms with Crippen LogP contribution in [0, 0.1) is 28.6 Å². The standard InChI is InChI=1S/C18H32O/c1-5-18(19)10-6-13(7-11-18)15-12-14-8-9-17(15,4)16(14,2)3/h13-15,19H,5-12H2,1-4H3/t13?,14-,15+,17+,18?/m1/s1. The topological polar surface area (TPSA) is 20.2 Å². The average Bonchev–Trinajstić information content (AvgIpc) is 2.72. The Morgan fingerprint density at radius 3 is 2.05 bits per heavy atom. The first-order valence-electron chi connectivity index (χ1n) is 8.55. The number of fused-ring (bicyclic) bond motifs is 2. The monoisotopic (exact) mass is 264 g/mol. The first-order chi connectivity index (χ1) is 8.82. The van der Waals surface area contributed by atoms with Crippen molar-refractivity contribution >= 4 is 0 Å². The van der Waals surface area contributed by atoms with Gasteiger partial charge in [0.25, 0.3) is 0 Å². The smallest absolute Gasteiger partial charge is 0.0645 e. The third-order valence-electron chi connectivity index (χ3n) is 8.05. The highest BCUT2D eigenvalue weighted by Crippen LogP contribution is 2.70. The second kappa shape index (κ2) is 4.23. The molecule has 1 nitrogen and oxygen atoms in total. The fraction of sp³-hybridized carbons (Fsp3) is 1.00. The summed E-state index contributed by atoms with van der Waals surface area (Å²) in [5.74, 6) is 2.79. The zero-order chi connectivity index (χ0) is 13.9. The Balaban J connectivity index is 1.73. The van der Waals surface area contributed by atoms with Crippen LogP contribution in [-0.2, 0) is 0 Å². The Labute approximate surface area is 119 Å². The van der Waals surface area contributed by atoms with Crippen molar-refractivity contribution in [3.8, 4) is 0 Å². The quantitative estimate of drug-likeness (QED) is 0.761. The largest absolute Gasteiger partial charge is 0.390 e. The minimum Gasteiger partial charge on any atom is -0.390 e. The molecule has 1 heteroatoms. The molecule has 0 spiro atoms. The van der Waals surface area contributed by atoms with Crippen LogP contribution in [-0.4, -0.2) is 10.7 Å². The van der Waals surface area contributed by atoms with Crippen LogP contribution in [0.1, 0.15) is 79.1 Å². The number of aliphatic hydroxyl groups is 1. The molecular formula is C18H32O. The number of rotatable bonds is 2. The molecule has 19 heavy (non-hydrogen) atoms. The fourth-order valence-electron chi connectivity index (χ4n) is 5.91. The van der Waals surface area contributed by atoms with Crippen LogP contribution in [0.3, 0.4) is 0 Å². The zero-order valence-corrected chi connectivity index (χ0v) is 13.3. The summed E-state index contributed by atoms with van der Waals surface area (Å²) in [5.41, 5.74) is 0.796. The van der Waals surface area contributed by atoms with Gasteiger partial charge in [-0.2, -0.15) is 0 Å². The Kier molecular flexibility index (Phi) is 3.10. The molecule has 3 saturated carbocycles. The van der Waals surface area contributed by atoms with Gasteiger partial charge < -0.3 is 5.11 Å². The number of hydrogen-bond donors (Lipinski definition) is 1. The van der Waals surface area contributed by atoms with E-state index in [1.165, 1.54) is 32.1 Å². The Morgan fingerprint density at radius 1 is 1.00 bits per heavy atom. The molecule has 3 aliphatic carbocycles. The van der Waals surface area contributed by atoms with Crippen LogP contribution < -0.4 is 0 Å². The molecule has 0 unspecified atom stereocenters. The summed E-state index contributed by atoms with van der Waals surface area (Å²) in [6.07, 6.45) is 9.96. The highest BCUT2D eigenvalue weighted by Gasteiger charge is 2.62. The maximum absolute atomic E-state index is 10.4. The summed E-state index contributed by atoms with van der Waals surface area (Å²) in [6.45, 7) is 9.76. The summed E-state index contributed by atoms with van der Waals surface area (Å²) >= 11 is 0. The normalized spacial score (nSPS) is 52.6. The maximum atomic E-state index is 10.4. The van der Waals surface area contributed by atoms with Crippen LogP contribution >= 0.6 is 0 Å². The van der Waals surface area contributed by atoms with Crippen molar-refractivity contribution in [1.82, 2.24) is 0 Å². The van der Waals surface area contributed by atoms with Gasteiger partial charge in [0, 0.05) is 0 Å². The Morgan fingerprint density at radius 2 is 1.63 bits per heavy atom. The SMILES string of the molecule is CCC1(O)CCC([C@@H]2C[C@H]3CC[C@]2(C)C3(C)C)CC1. The minimum absolute atomic E-state index is 0.329. The Bertz CT molecular complexity index is 351. The molecular weight excluding hydrogens is 232 g/mol. The molecule has 3 aliphatic rings. The molecule has 0 heterocycles. The van der Waals surface area contributed by atoms with Crippen LogP contribution in [0.5, 0.6) is 0 Å². The molecule has 0 aromatic carbocycles. The van der Waals surface area contributed by atoms with Crippen molar-refractivity contribution < 1.29 is 5.11 Å². The minimum atomic E-state index is -0.329. The average molecular weight is 264 g/mol. The van der Waals surface area contributed by atoms with E-state index in [4.69, 9.17) is 0 Å². The van der Waals surface area contributed by atoms with Gasteiger partial charge in [0.1, 0.15) is 0 Å². The molecule has 3 rings (SSSR count). The van der Waals surface area contributed by atoms with Gasteiger partial charge in [0.2, 0.25) is 0 Å². The van der Waals surface area contributed by atoms with E-state index in [1.807, 2.05) is 0 Å². The van der Waals surface area contributed by atoms with Crippen molar-refractivity contribution in [2.45, 2.75) is 84.7 Å². The van der Waals surface area contributed by atoms with Gasteiger partial charge in [0.15, 0.2) is 0 Å². The molecule has 1 N–H and O–H groups in total. The van der Waals surface area contributed by atoms with Crippen LogP contribution in [0.2, 0.25) is 0 Å². The van der Waals surface area contributed by atoms with E-state index in [2.05, 4.69) is 27.7 Å². The molecule has 0 amide bonds. The second-order valence-corrected chi connectivity index (χ2v) is 8.63. The zero-order valence-electron chi connectivity index (χ0n) is 13.3. The van der Waals surface area contributed by atoms with Gasteiger partial charge in [-0.25, -0.2) is 0 Å². The van der Waals surface area contributed by atoms with Gasteiger partial charge in [-0.1, -0.05) is 27.7 Å². The molecule has 0 aromatic heterocycles. The molecule has 110 valence electrons. The summed E-state index contributed by atoms with van der Waals surface area (Å²) in [4.78, 5) is 0. The number of hydrogen-bond acceptors (Lipinski definition) is 1. The lowest BCUT2D eigenvalue weighted by atomic mass is 9.60. The van der Waals surface area contributed by atoms with Gasteiger partial charge in [-0.3, -0.25) is 0 Å². The third-order valence-corrected chi connectivity index (χ3v) is 8.05. The van der Waals surface area contributed by atoms with E-state index in [1.54, 1.807) is 0 Å². The highest BCUT2D eigenvalue weighted by atomic mass is 16.3. The molecule has 2 bridgehead atoms. The first-order valence-corrected chi connectivity index (χ1v) is 8.55. The van der Waals surface area contributed by atoms with Crippen molar-refractivity contribution in [2.75, 3.05) is 0 Å². The van der Waals surface area contributed by atoms with E-state index in [0.29, 0.717) is 10.8 Å². The van der Waals surface area contributed by atoms with Gasteiger partial charge in [-0.05, 0) is 80.0 Å². The highest BCUT2D eigenvalue weighted by molar-refractivity contribution is 5.11. The van der Waals surface area contributed by atoms with E-state index in [-0.39, 0.29) is 5.60 Å². The second-order valence-electron chi connectivity index (χ2n) is 8.63. The van der Waals surface area contributed by atoms with E-state index in [0.717, 1.165) is 37.0 Å². The molecule has 0 aromatic rings. The molecule has 0 aliphatic heterocycles. The molecule has 3 atom stereocenters. The van der Waals surface area contributed by atoms with Crippen molar-refractivity contribution in [3.05, 3.63) is 0 Å². The van der Waals surface area contributed by atoms with Gasteiger partial charge in [-0.15, -0.1) is 0 Å². The van der Waals surface area contributed by atoms with E-state index >= 15 is 0 Å². The van der Waals surface area contributed by atoms with Crippen LogP contribution in [0.25, 0.3) is 0 Å². The van der Waals surface area contributed by atoms with Gasteiger partial charge in [0.05, 0.1) is 5.60 Å². The summed E-state index contributed by atoms with van der Waals surface area (Å²) in [5, 5.41) is 10.4. The lowest BCUT2D eigenvalue weighted by Gasteiger charge is -2.46. The maximum Gasteiger partial charge on any atom is 0.0645 e. The van der Waals surface area contributed by atoms with Crippen molar-refractivity contribution in [1.29, 1.82) is 0 Å². The molecule has 0 radical (unpaired) electrons. The summed E-state index contributed by atoms with van der Waals surface area (Å²) < 4.78 is 0. The van der Waals surface area contributed by atoms with Crippen molar-refractivity contribution in [2.24, 2.45) is 28.6 Å². The molecule has 0 saturated heterocycles. The van der Waals surface area contributed by atoms with Crippen molar-refractivity contribution in [3.63, 3.8) is 0 Å². The van der Waals surface area contributed by atoms with E-state index in [9.17, 15) is 5.11 Å².